The Balaban J connectivity index is 1.73. The first-order valence-electron chi connectivity index (χ1n) is 11.0. The number of rotatable bonds is 2. The van der Waals surface area contributed by atoms with Gasteiger partial charge in [-0.1, -0.05) is 45.8 Å². The Kier molecular flexibility index (Phi) is 4.61. The van der Waals surface area contributed by atoms with Gasteiger partial charge in [0.2, 0.25) is 0 Å². The van der Waals surface area contributed by atoms with Crippen molar-refractivity contribution in [3.63, 3.8) is 0 Å². The van der Waals surface area contributed by atoms with Gasteiger partial charge in [-0.05, 0) is 78.9 Å². The highest BCUT2D eigenvalue weighted by Crippen LogP contribution is 2.67. The summed E-state index contributed by atoms with van der Waals surface area (Å²) < 4.78 is 0. The second-order valence-corrected chi connectivity index (χ2v) is 10.5. The lowest BCUT2D eigenvalue weighted by Crippen LogP contribution is -2.59. The van der Waals surface area contributed by atoms with Crippen molar-refractivity contribution in [1.82, 2.24) is 0 Å². The summed E-state index contributed by atoms with van der Waals surface area (Å²) in [5, 5.41) is 32.7. The Morgan fingerprint density at radius 1 is 1.12 bits per heavy atom. The van der Waals surface area contributed by atoms with Crippen molar-refractivity contribution in [2.75, 3.05) is 0 Å². The van der Waals surface area contributed by atoms with E-state index in [2.05, 4.69) is 33.8 Å². The van der Waals surface area contributed by atoms with Crippen LogP contribution in [0.1, 0.15) is 72.6 Å². The third-order valence-corrected chi connectivity index (χ3v) is 9.61. The molecule has 0 aliphatic heterocycles. The van der Waals surface area contributed by atoms with Crippen molar-refractivity contribution in [1.29, 1.82) is 0 Å². The van der Waals surface area contributed by atoms with Crippen LogP contribution in [0.25, 0.3) is 0 Å². The molecule has 0 aromatic carbocycles. The molecule has 3 heteroatoms. The van der Waals surface area contributed by atoms with Gasteiger partial charge in [0, 0.05) is 0 Å². The van der Waals surface area contributed by atoms with Crippen molar-refractivity contribution in [2.45, 2.75) is 91.0 Å². The fourth-order valence-electron chi connectivity index (χ4n) is 7.85. The van der Waals surface area contributed by atoms with E-state index in [-0.39, 0.29) is 29.0 Å². The number of hydrogen-bond donors (Lipinski definition) is 3. The molecule has 0 spiro atoms. The maximum Gasteiger partial charge on any atom is 0.0757 e. The van der Waals surface area contributed by atoms with Gasteiger partial charge in [0.25, 0.3) is 0 Å². The van der Waals surface area contributed by atoms with E-state index >= 15 is 0 Å². The Labute approximate surface area is 158 Å². The molecule has 3 N–H and O–H groups in total. The molecule has 10 atom stereocenters. The van der Waals surface area contributed by atoms with Crippen LogP contribution in [0.2, 0.25) is 0 Å². The van der Waals surface area contributed by atoms with E-state index < -0.39 is 6.10 Å². The van der Waals surface area contributed by atoms with Crippen LogP contribution < -0.4 is 0 Å². The summed E-state index contributed by atoms with van der Waals surface area (Å²) in [6.07, 6.45) is 7.98. The van der Waals surface area contributed by atoms with Crippen LogP contribution in [0.15, 0.2) is 11.6 Å². The maximum atomic E-state index is 11.4. The molecule has 3 nitrogen and oxygen atoms in total. The number of hydrogen-bond acceptors (Lipinski definition) is 3. The van der Waals surface area contributed by atoms with Gasteiger partial charge in [-0.3, -0.25) is 0 Å². The van der Waals surface area contributed by atoms with E-state index in [0.717, 1.165) is 32.1 Å². The molecule has 4 aliphatic carbocycles. The van der Waals surface area contributed by atoms with Gasteiger partial charge in [0.15, 0.2) is 0 Å². The Hall–Kier alpha value is -0.380. The zero-order valence-electron chi connectivity index (χ0n) is 17.0. The molecular formula is C23H38O3. The Morgan fingerprint density at radius 3 is 2.54 bits per heavy atom. The van der Waals surface area contributed by atoms with Crippen LogP contribution in [-0.2, 0) is 0 Å². The lowest BCUT2D eigenvalue weighted by atomic mass is 9.45. The third kappa shape index (κ3) is 2.42. The minimum absolute atomic E-state index is 0.0416. The lowest BCUT2D eigenvalue weighted by molar-refractivity contribution is -0.157. The second-order valence-electron chi connectivity index (χ2n) is 10.5. The molecule has 3 fully saturated rings. The van der Waals surface area contributed by atoms with E-state index in [1.807, 2.05) is 0 Å². The third-order valence-electron chi connectivity index (χ3n) is 9.61. The topological polar surface area (TPSA) is 60.7 Å². The molecule has 3 saturated carbocycles. The molecule has 0 bridgehead atoms. The standard InChI is InChI=1S/C23H38O3/c1-5-13(2)16-6-7-17-21-18(12-20(26)23(16,17)4)22(3)9-8-15(24)10-14(22)11-19(21)25/h11,13,15-21,24-26H,5-10,12H2,1-4H3/t13-,15-,16-,17+,18+,19-,20+,21+,22+,23-/m1/s1. The van der Waals surface area contributed by atoms with Gasteiger partial charge >= 0.3 is 0 Å². The van der Waals surface area contributed by atoms with Crippen LogP contribution in [0.4, 0.5) is 0 Å². The van der Waals surface area contributed by atoms with Crippen LogP contribution >= 0.6 is 0 Å². The summed E-state index contributed by atoms with van der Waals surface area (Å²) in [6.45, 7) is 9.26. The molecular weight excluding hydrogens is 324 g/mol. The van der Waals surface area contributed by atoms with E-state index in [1.165, 1.54) is 12.0 Å². The van der Waals surface area contributed by atoms with Crippen molar-refractivity contribution in [3.8, 4) is 0 Å². The SMILES string of the molecule is CC[C@@H](C)[C@H]1CC[C@H]2[C@@H]3[C@H](O)C=C4C[C@H](O)CC[C@]4(C)[C@H]3C[C@H](O)[C@]12C. The monoisotopic (exact) mass is 362 g/mol. The first kappa shape index (κ1) is 19.0. The minimum atomic E-state index is -0.416. The van der Waals surface area contributed by atoms with E-state index in [1.54, 1.807) is 0 Å². The summed E-state index contributed by atoms with van der Waals surface area (Å²) in [5.74, 6) is 2.21. The Morgan fingerprint density at radius 2 is 1.85 bits per heavy atom. The van der Waals surface area contributed by atoms with Gasteiger partial charge < -0.3 is 15.3 Å². The molecule has 0 aromatic rings. The fourth-order valence-corrected chi connectivity index (χ4v) is 7.85. The smallest absolute Gasteiger partial charge is 0.0757 e. The number of aliphatic hydroxyl groups excluding tert-OH is 3. The highest BCUT2D eigenvalue weighted by Gasteiger charge is 2.64. The van der Waals surface area contributed by atoms with Crippen molar-refractivity contribution in [3.05, 3.63) is 11.6 Å². The summed E-state index contributed by atoms with van der Waals surface area (Å²) in [7, 11) is 0. The predicted octanol–water partition coefficient (Wildman–Crippen LogP) is 3.91. The quantitative estimate of drug-likeness (QED) is 0.653. The maximum absolute atomic E-state index is 11.4. The summed E-state index contributed by atoms with van der Waals surface area (Å²) >= 11 is 0. The minimum Gasteiger partial charge on any atom is -0.393 e. The number of fused-ring (bicyclic) bond motifs is 5. The van der Waals surface area contributed by atoms with Gasteiger partial charge in [-0.2, -0.15) is 0 Å². The van der Waals surface area contributed by atoms with E-state index in [0.29, 0.717) is 30.1 Å². The highest BCUT2D eigenvalue weighted by molar-refractivity contribution is 5.28. The summed E-state index contributed by atoms with van der Waals surface area (Å²) in [4.78, 5) is 0. The zero-order chi connectivity index (χ0) is 18.9. The van der Waals surface area contributed by atoms with Gasteiger partial charge in [-0.25, -0.2) is 0 Å². The first-order valence-corrected chi connectivity index (χ1v) is 11.0. The molecule has 0 heterocycles. The van der Waals surface area contributed by atoms with Gasteiger partial charge in [0.1, 0.15) is 0 Å². The van der Waals surface area contributed by atoms with Crippen LogP contribution in [0.3, 0.4) is 0 Å². The molecule has 148 valence electrons. The van der Waals surface area contributed by atoms with Gasteiger partial charge in [-0.15, -0.1) is 0 Å². The second kappa shape index (κ2) is 6.32. The molecule has 4 rings (SSSR count). The van der Waals surface area contributed by atoms with Crippen LogP contribution in [-0.4, -0.2) is 33.6 Å². The van der Waals surface area contributed by atoms with E-state index in [4.69, 9.17) is 0 Å². The molecule has 0 unspecified atom stereocenters. The van der Waals surface area contributed by atoms with E-state index in [9.17, 15) is 15.3 Å². The summed E-state index contributed by atoms with van der Waals surface area (Å²) in [5.41, 5.74) is 1.23. The van der Waals surface area contributed by atoms with Crippen LogP contribution in [0.5, 0.6) is 0 Å². The predicted molar refractivity (Wildman–Crippen MR) is 103 cm³/mol. The normalized spacial score (nSPS) is 54.7. The highest BCUT2D eigenvalue weighted by atomic mass is 16.3. The van der Waals surface area contributed by atoms with Crippen molar-refractivity contribution >= 4 is 0 Å². The molecule has 0 radical (unpaired) electrons. The largest absolute Gasteiger partial charge is 0.393 e. The molecule has 26 heavy (non-hydrogen) atoms. The molecule has 0 saturated heterocycles. The van der Waals surface area contributed by atoms with Crippen LogP contribution in [0, 0.1) is 40.4 Å². The lowest BCUT2D eigenvalue weighted by Gasteiger charge is -2.61. The molecule has 4 aliphatic rings. The van der Waals surface area contributed by atoms with Gasteiger partial charge in [0.05, 0.1) is 18.3 Å². The zero-order valence-corrected chi connectivity index (χ0v) is 17.0. The first-order chi connectivity index (χ1) is 12.2. The Bertz CT molecular complexity index is 586. The average molecular weight is 363 g/mol. The molecule has 0 amide bonds. The molecule has 0 aromatic heterocycles. The van der Waals surface area contributed by atoms with Crippen molar-refractivity contribution in [2.24, 2.45) is 40.4 Å². The fraction of sp³-hybridized carbons (Fsp3) is 0.913. The van der Waals surface area contributed by atoms with Crippen molar-refractivity contribution < 1.29 is 15.3 Å². The number of aliphatic hydroxyl groups is 3. The average Bonchev–Trinajstić information content (AvgIpc) is 2.95. The summed E-state index contributed by atoms with van der Waals surface area (Å²) in [6, 6.07) is 0.